The van der Waals surface area contributed by atoms with Gasteiger partial charge in [0.15, 0.2) is 0 Å². The van der Waals surface area contributed by atoms with Crippen LogP contribution in [0.5, 0.6) is 0 Å². The van der Waals surface area contributed by atoms with Gasteiger partial charge in [-0.2, -0.15) is 13.2 Å². The second-order valence-electron chi connectivity index (χ2n) is 7.62. The molecule has 0 aliphatic carbocycles. The van der Waals surface area contributed by atoms with Crippen LogP contribution >= 0.6 is 0 Å². The Morgan fingerprint density at radius 3 is 2.03 bits per heavy atom. The first-order valence-corrected chi connectivity index (χ1v) is 9.52. The van der Waals surface area contributed by atoms with E-state index >= 15 is 0 Å². The van der Waals surface area contributed by atoms with E-state index in [4.69, 9.17) is 4.74 Å². The first-order valence-electron chi connectivity index (χ1n) is 9.52. The molecule has 1 saturated heterocycles. The fourth-order valence-electron chi connectivity index (χ4n) is 3.77. The predicted octanol–water partition coefficient (Wildman–Crippen LogP) is 1.83. The average Bonchev–Trinajstić information content (AvgIpc) is 2.70. The molecule has 11 heteroatoms. The van der Waals surface area contributed by atoms with E-state index in [-0.39, 0.29) is 16.7 Å². The topological polar surface area (TPSA) is 110 Å². The minimum Gasteiger partial charge on any atom is -0.394 e. The van der Waals surface area contributed by atoms with Crippen molar-refractivity contribution in [2.75, 3.05) is 6.61 Å². The van der Waals surface area contributed by atoms with Gasteiger partial charge in [0.05, 0.1) is 6.61 Å². The fraction of sp³-hybridized carbons (Fsp3) is 0.429. The summed E-state index contributed by atoms with van der Waals surface area (Å²) in [5, 5.41) is 49.9. The highest BCUT2D eigenvalue weighted by Crippen LogP contribution is 2.37. The second-order valence-corrected chi connectivity index (χ2v) is 7.62. The lowest BCUT2D eigenvalue weighted by Gasteiger charge is -2.42. The molecular formula is C21H21F5O6. The highest BCUT2D eigenvalue weighted by molar-refractivity contribution is 5.66. The zero-order chi connectivity index (χ0) is 24.0. The summed E-state index contributed by atoms with van der Waals surface area (Å²) in [5.74, 6) is -3.54. The number of aliphatic hydroxyl groups excluding tert-OH is 5. The molecule has 32 heavy (non-hydrogen) atoms. The van der Waals surface area contributed by atoms with Crippen LogP contribution in [-0.4, -0.2) is 62.7 Å². The Bertz CT molecular complexity index is 957. The summed E-state index contributed by atoms with van der Waals surface area (Å²) in [7, 11) is 0. The highest BCUT2D eigenvalue weighted by atomic mass is 19.4. The molecule has 1 fully saturated rings. The van der Waals surface area contributed by atoms with Crippen molar-refractivity contribution < 1.29 is 52.2 Å². The van der Waals surface area contributed by atoms with E-state index in [1.165, 1.54) is 25.1 Å². The van der Waals surface area contributed by atoms with Crippen molar-refractivity contribution in [2.45, 2.75) is 49.7 Å². The average molecular weight is 464 g/mol. The van der Waals surface area contributed by atoms with Gasteiger partial charge in [-0.05, 0) is 41.3 Å². The number of aryl methyl sites for hydroxylation is 1. The maximum atomic E-state index is 13.9. The molecule has 6 nitrogen and oxygen atoms in total. The van der Waals surface area contributed by atoms with Gasteiger partial charge in [-0.3, -0.25) is 0 Å². The van der Waals surface area contributed by atoms with Gasteiger partial charge in [0.25, 0.3) is 0 Å². The molecule has 3 rings (SSSR count). The van der Waals surface area contributed by atoms with Crippen LogP contribution in [0, 0.1) is 18.6 Å². The third-order valence-corrected chi connectivity index (χ3v) is 5.49. The SMILES string of the molecule is Cc1cc(-c2cc(F)c(C(F)(F)F)c(F)c2)ccc1[C@@H](O)[C@H]1OC(CO)[C@@H](O)C(O)C1O. The van der Waals surface area contributed by atoms with Crippen molar-refractivity contribution in [1.29, 1.82) is 0 Å². The minimum absolute atomic E-state index is 0.162. The summed E-state index contributed by atoms with van der Waals surface area (Å²) in [5.41, 5.74) is -1.46. The van der Waals surface area contributed by atoms with E-state index in [1.807, 2.05) is 0 Å². The third kappa shape index (κ3) is 4.49. The first kappa shape index (κ1) is 24.5. The molecule has 5 N–H and O–H groups in total. The molecule has 1 heterocycles. The van der Waals surface area contributed by atoms with Crippen molar-refractivity contribution in [3.05, 3.63) is 58.7 Å². The van der Waals surface area contributed by atoms with Gasteiger partial charge in [0, 0.05) is 0 Å². The fourth-order valence-corrected chi connectivity index (χ4v) is 3.77. The maximum absolute atomic E-state index is 13.9. The van der Waals surface area contributed by atoms with Gasteiger partial charge < -0.3 is 30.3 Å². The van der Waals surface area contributed by atoms with Crippen LogP contribution in [0.25, 0.3) is 11.1 Å². The van der Waals surface area contributed by atoms with Crippen LogP contribution in [-0.2, 0) is 10.9 Å². The molecule has 0 bridgehead atoms. The molecule has 0 aromatic heterocycles. The van der Waals surface area contributed by atoms with E-state index < -0.39 is 66.6 Å². The van der Waals surface area contributed by atoms with Crippen molar-refractivity contribution >= 4 is 0 Å². The van der Waals surface area contributed by atoms with E-state index in [1.54, 1.807) is 0 Å². The van der Waals surface area contributed by atoms with Crippen molar-refractivity contribution in [3.63, 3.8) is 0 Å². The Morgan fingerprint density at radius 1 is 0.938 bits per heavy atom. The lowest BCUT2D eigenvalue weighted by Crippen LogP contribution is -2.59. The molecular weight excluding hydrogens is 443 g/mol. The first-order chi connectivity index (χ1) is 14.9. The molecule has 2 aromatic rings. The molecule has 0 radical (unpaired) electrons. The Hall–Kier alpha value is -2.15. The number of rotatable bonds is 4. The van der Waals surface area contributed by atoms with Gasteiger partial charge in [0.1, 0.15) is 53.8 Å². The Labute approximate surface area is 179 Å². The molecule has 0 saturated carbocycles. The summed E-state index contributed by atoms with van der Waals surface area (Å²) < 4.78 is 71.5. The summed E-state index contributed by atoms with van der Waals surface area (Å²) in [6.45, 7) is 0.819. The van der Waals surface area contributed by atoms with Crippen molar-refractivity contribution in [2.24, 2.45) is 0 Å². The van der Waals surface area contributed by atoms with Crippen LogP contribution in [0.15, 0.2) is 30.3 Å². The molecule has 176 valence electrons. The van der Waals surface area contributed by atoms with Crippen LogP contribution < -0.4 is 0 Å². The monoisotopic (exact) mass is 464 g/mol. The van der Waals surface area contributed by atoms with Crippen LogP contribution in [0.4, 0.5) is 22.0 Å². The number of halogens is 5. The largest absolute Gasteiger partial charge is 0.422 e. The number of benzene rings is 2. The summed E-state index contributed by atoms with van der Waals surface area (Å²) in [6, 6.07) is 5.09. The van der Waals surface area contributed by atoms with E-state index in [2.05, 4.69) is 0 Å². The molecule has 1 aliphatic heterocycles. The van der Waals surface area contributed by atoms with Gasteiger partial charge in [-0.25, -0.2) is 8.78 Å². The number of aliphatic hydroxyl groups is 5. The molecule has 0 amide bonds. The second kappa shape index (κ2) is 9.00. The molecule has 3 unspecified atom stereocenters. The number of hydrogen-bond donors (Lipinski definition) is 5. The van der Waals surface area contributed by atoms with Gasteiger partial charge in [0.2, 0.25) is 0 Å². The molecule has 2 aromatic carbocycles. The molecule has 0 spiro atoms. The molecule has 6 atom stereocenters. The van der Waals surface area contributed by atoms with E-state index in [0.717, 1.165) is 0 Å². The lowest BCUT2D eigenvalue weighted by atomic mass is 9.87. The minimum atomic E-state index is -5.19. The highest BCUT2D eigenvalue weighted by Gasteiger charge is 2.46. The normalized spacial score (nSPS) is 27.4. The van der Waals surface area contributed by atoms with Crippen molar-refractivity contribution in [1.82, 2.24) is 0 Å². The summed E-state index contributed by atoms with van der Waals surface area (Å²) in [6.07, 6.45) is -14.4. The zero-order valence-corrected chi connectivity index (χ0v) is 16.6. The Balaban J connectivity index is 1.92. The van der Waals surface area contributed by atoms with Crippen molar-refractivity contribution in [3.8, 4) is 11.1 Å². The predicted molar refractivity (Wildman–Crippen MR) is 100 cm³/mol. The van der Waals surface area contributed by atoms with Crippen LogP contribution in [0.1, 0.15) is 22.8 Å². The van der Waals surface area contributed by atoms with Gasteiger partial charge >= 0.3 is 6.18 Å². The summed E-state index contributed by atoms with van der Waals surface area (Å²) in [4.78, 5) is 0. The van der Waals surface area contributed by atoms with Crippen LogP contribution in [0.3, 0.4) is 0 Å². The maximum Gasteiger partial charge on any atom is 0.422 e. The smallest absolute Gasteiger partial charge is 0.394 e. The van der Waals surface area contributed by atoms with E-state index in [9.17, 15) is 47.5 Å². The Kier molecular flexibility index (Phi) is 6.89. The quantitative estimate of drug-likeness (QED) is 0.442. The van der Waals surface area contributed by atoms with Gasteiger partial charge in [-0.1, -0.05) is 18.2 Å². The van der Waals surface area contributed by atoms with Crippen LogP contribution in [0.2, 0.25) is 0 Å². The molecule has 1 aliphatic rings. The number of ether oxygens (including phenoxy) is 1. The Morgan fingerprint density at radius 2 is 1.53 bits per heavy atom. The summed E-state index contributed by atoms with van der Waals surface area (Å²) >= 11 is 0. The van der Waals surface area contributed by atoms with Gasteiger partial charge in [-0.15, -0.1) is 0 Å². The van der Waals surface area contributed by atoms with E-state index in [0.29, 0.717) is 17.7 Å². The zero-order valence-electron chi connectivity index (χ0n) is 16.6. The third-order valence-electron chi connectivity index (χ3n) is 5.49. The standard InChI is InChI=1S/C21H21F5O6/c1-8-4-9(10-5-12(22)15(13(23)6-10)21(24,25)26)2-3-11(8)16(28)20-19(31)18(30)17(29)14(7-27)32-20/h2-6,14,16-20,27-31H,7H2,1H3/t14?,16-,17-,18?,19?,20-/m1/s1. The number of hydrogen-bond acceptors (Lipinski definition) is 6. The number of alkyl halides is 3. The lowest BCUT2D eigenvalue weighted by molar-refractivity contribution is -0.250.